The van der Waals surface area contributed by atoms with Crippen molar-refractivity contribution >= 4 is 18.3 Å². The predicted octanol–water partition coefficient (Wildman–Crippen LogP) is 1.57. The van der Waals surface area contributed by atoms with Crippen LogP contribution in [-0.4, -0.2) is 30.1 Å². The van der Waals surface area contributed by atoms with Gasteiger partial charge in [-0.1, -0.05) is 6.92 Å². The fraction of sp³-hybridized carbons (Fsp3) is 0.615. The molecular weight excluding hydrogens is 250 g/mol. The zero-order valence-corrected chi connectivity index (χ0v) is 11.8. The van der Waals surface area contributed by atoms with E-state index in [9.17, 15) is 4.79 Å². The Kier molecular flexibility index (Phi) is 5.23. The summed E-state index contributed by atoms with van der Waals surface area (Å²) in [6, 6.07) is 3.73. The summed E-state index contributed by atoms with van der Waals surface area (Å²) < 4.78 is 1.84. The van der Waals surface area contributed by atoms with Gasteiger partial charge in [0.05, 0.1) is 0 Å². The van der Waals surface area contributed by atoms with Crippen LogP contribution < -0.4 is 10.6 Å². The maximum Gasteiger partial charge on any atom is 0.267 e. The lowest BCUT2D eigenvalue weighted by Crippen LogP contribution is -2.45. The van der Waals surface area contributed by atoms with Crippen LogP contribution in [0.5, 0.6) is 0 Å². The highest BCUT2D eigenvalue weighted by atomic mass is 35.5. The van der Waals surface area contributed by atoms with E-state index in [0.29, 0.717) is 0 Å². The first kappa shape index (κ1) is 15.1. The van der Waals surface area contributed by atoms with Gasteiger partial charge in [0.15, 0.2) is 0 Å². The Labute approximate surface area is 115 Å². The molecule has 0 radical (unpaired) electrons. The summed E-state index contributed by atoms with van der Waals surface area (Å²) in [5.74, 6) is 0.0179. The van der Waals surface area contributed by atoms with Gasteiger partial charge in [0.25, 0.3) is 5.91 Å². The molecule has 1 aromatic rings. The molecule has 102 valence electrons. The second kappa shape index (κ2) is 6.25. The molecule has 2 heterocycles. The fourth-order valence-electron chi connectivity index (χ4n) is 2.35. The Morgan fingerprint density at radius 2 is 2.39 bits per heavy atom. The molecule has 1 saturated heterocycles. The minimum Gasteiger partial charge on any atom is -0.350 e. The Hall–Kier alpha value is -1.00. The number of hydrogen-bond acceptors (Lipinski definition) is 2. The van der Waals surface area contributed by atoms with E-state index < -0.39 is 0 Å². The molecular formula is C13H22ClN3O. The van der Waals surface area contributed by atoms with Gasteiger partial charge in [0, 0.05) is 26.3 Å². The van der Waals surface area contributed by atoms with E-state index in [1.54, 1.807) is 0 Å². The molecule has 1 amide bonds. The molecule has 18 heavy (non-hydrogen) atoms. The van der Waals surface area contributed by atoms with Crippen LogP contribution in [-0.2, 0) is 7.05 Å². The normalized spacial score (nSPS) is 23.2. The van der Waals surface area contributed by atoms with Gasteiger partial charge in [-0.3, -0.25) is 4.79 Å². The molecule has 0 saturated carbocycles. The highest BCUT2D eigenvalue weighted by Gasteiger charge is 2.27. The van der Waals surface area contributed by atoms with Gasteiger partial charge in [-0.05, 0) is 36.9 Å². The third-order valence-electron chi connectivity index (χ3n) is 3.54. The largest absolute Gasteiger partial charge is 0.350 e. The average molecular weight is 272 g/mol. The number of amides is 1. The van der Waals surface area contributed by atoms with Gasteiger partial charge in [-0.2, -0.15) is 0 Å². The Balaban J connectivity index is 0.00000162. The fourth-order valence-corrected chi connectivity index (χ4v) is 2.35. The molecule has 1 aliphatic heterocycles. The smallest absolute Gasteiger partial charge is 0.267 e. The number of carbonyl (C=O) groups excluding carboxylic acids is 1. The second-order valence-corrected chi connectivity index (χ2v) is 5.28. The summed E-state index contributed by atoms with van der Waals surface area (Å²) >= 11 is 0. The van der Waals surface area contributed by atoms with E-state index in [0.717, 1.165) is 25.3 Å². The van der Waals surface area contributed by atoms with Crippen molar-refractivity contribution in [1.82, 2.24) is 15.2 Å². The number of carbonyl (C=O) groups is 1. The highest BCUT2D eigenvalue weighted by Crippen LogP contribution is 2.24. The molecule has 1 atom stereocenters. The van der Waals surface area contributed by atoms with Crippen LogP contribution in [0.1, 0.15) is 30.3 Å². The molecule has 1 aromatic heterocycles. The van der Waals surface area contributed by atoms with E-state index in [2.05, 4.69) is 17.6 Å². The Bertz CT molecular complexity index is 397. The zero-order valence-electron chi connectivity index (χ0n) is 11.0. The minimum absolute atomic E-state index is 0. The van der Waals surface area contributed by atoms with Crippen molar-refractivity contribution < 1.29 is 4.79 Å². The lowest BCUT2D eigenvalue weighted by Gasteiger charge is -2.34. The van der Waals surface area contributed by atoms with Crippen molar-refractivity contribution in [2.24, 2.45) is 12.5 Å². The number of nitrogens with one attached hydrogen (secondary N) is 2. The van der Waals surface area contributed by atoms with Gasteiger partial charge in [-0.15, -0.1) is 12.4 Å². The lowest BCUT2D eigenvalue weighted by molar-refractivity contribution is 0.0916. The van der Waals surface area contributed by atoms with E-state index >= 15 is 0 Å². The van der Waals surface area contributed by atoms with Crippen LogP contribution in [0.25, 0.3) is 0 Å². The maximum atomic E-state index is 12.0. The zero-order chi connectivity index (χ0) is 12.3. The molecule has 1 unspecified atom stereocenters. The molecule has 4 nitrogen and oxygen atoms in total. The molecule has 0 bridgehead atoms. The standard InChI is InChI=1S/C13H21N3O.ClH/c1-13(6-4-7-14-9-13)10-15-12(17)11-5-3-8-16(11)2;/h3,5,8,14H,4,6-7,9-10H2,1-2H3,(H,15,17);1H. The summed E-state index contributed by atoms with van der Waals surface area (Å²) in [5.41, 5.74) is 0.913. The van der Waals surface area contributed by atoms with Crippen molar-refractivity contribution in [1.29, 1.82) is 0 Å². The number of piperidine rings is 1. The lowest BCUT2D eigenvalue weighted by atomic mass is 9.83. The van der Waals surface area contributed by atoms with Crippen molar-refractivity contribution in [3.63, 3.8) is 0 Å². The summed E-state index contributed by atoms with van der Waals surface area (Å²) in [7, 11) is 1.89. The van der Waals surface area contributed by atoms with Crippen LogP contribution in [0.3, 0.4) is 0 Å². The number of rotatable bonds is 3. The van der Waals surface area contributed by atoms with Crippen LogP contribution >= 0.6 is 12.4 Å². The molecule has 0 aromatic carbocycles. The average Bonchev–Trinajstić information content (AvgIpc) is 2.74. The predicted molar refractivity (Wildman–Crippen MR) is 75.2 cm³/mol. The molecule has 2 N–H and O–H groups in total. The van der Waals surface area contributed by atoms with E-state index in [1.807, 2.05) is 29.9 Å². The van der Waals surface area contributed by atoms with Crippen LogP contribution in [0.2, 0.25) is 0 Å². The Morgan fingerprint density at radius 1 is 1.61 bits per heavy atom. The molecule has 2 rings (SSSR count). The maximum absolute atomic E-state index is 12.0. The van der Waals surface area contributed by atoms with Crippen LogP contribution in [0.15, 0.2) is 18.3 Å². The van der Waals surface area contributed by atoms with Gasteiger partial charge < -0.3 is 15.2 Å². The quantitative estimate of drug-likeness (QED) is 0.877. The molecule has 1 fully saturated rings. The number of halogens is 1. The van der Waals surface area contributed by atoms with Crippen molar-refractivity contribution in [2.75, 3.05) is 19.6 Å². The van der Waals surface area contributed by atoms with Gasteiger partial charge in [0.1, 0.15) is 5.69 Å². The van der Waals surface area contributed by atoms with Gasteiger partial charge in [-0.25, -0.2) is 0 Å². The summed E-state index contributed by atoms with van der Waals surface area (Å²) in [5, 5.41) is 6.43. The monoisotopic (exact) mass is 271 g/mol. The van der Waals surface area contributed by atoms with Crippen molar-refractivity contribution in [3.05, 3.63) is 24.0 Å². The molecule has 0 spiro atoms. The SMILES string of the molecule is Cl.Cn1cccc1C(=O)NCC1(C)CCCNC1. The highest BCUT2D eigenvalue weighted by molar-refractivity contribution is 5.92. The topological polar surface area (TPSA) is 46.1 Å². The van der Waals surface area contributed by atoms with E-state index in [-0.39, 0.29) is 23.7 Å². The van der Waals surface area contributed by atoms with E-state index in [1.165, 1.54) is 12.8 Å². The van der Waals surface area contributed by atoms with Crippen LogP contribution in [0, 0.1) is 5.41 Å². The number of aromatic nitrogens is 1. The third-order valence-corrected chi connectivity index (χ3v) is 3.54. The molecule has 0 aliphatic carbocycles. The Morgan fingerprint density at radius 3 is 2.94 bits per heavy atom. The minimum atomic E-state index is 0. The van der Waals surface area contributed by atoms with Crippen molar-refractivity contribution in [2.45, 2.75) is 19.8 Å². The first-order valence-electron chi connectivity index (χ1n) is 6.21. The number of nitrogens with zero attached hydrogens (tertiary/aromatic N) is 1. The third kappa shape index (κ3) is 3.50. The first-order chi connectivity index (χ1) is 8.11. The molecule has 1 aliphatic rings. The summed E-state index contributed by atoms with van der Waals surface area (Å²) in [6.07, 6.45) is 4.25. The van der Waals surface area contributed by atoms with Crippen molar-refractivity contribution in [3.8, 4) is 0 Å². The van der Waals surface area contributed by atoms with Gasteiger partial charge in [0.2, 0.25) is 0 Å². The van der Waals surface area contributed by atoms with E-state index in [4.69, 9.17) is 0 Å². The number of hydrogen-bond donors (Lipinski definition) is 2. The van der Waals surface area contributed by atoms with Crippen LogP contribution in [0.4, 0.5) is 0 Å². The molecule has 5 heteroatoms. The summed E-state index contributed by atoms with van der Waals surface area (Å²) in [6.45, 7) is 5.05. The first-order valence-corrected chi connectivity index (χ1v) is 6.21. The number of aryl methyl sites for hydroxylation is 1. The second-order valence-electron chi connectivity index (χ2n) is 5.28. The van der Waals surface area contributed by atoms with Gasteiger partial charge >= 0.3 is 0 Å². The summed E-state index contributed by atoms with van der Waals surface area (Å²) in [4.78, 5) is 12.0.